The number of rotatable bonds is 6. The molecule has 19 heavy (non-hydrogen) atoms. The van der Waals surface area contributed by atoms with Gasteiger partial charge in [-0.15, -0.1) is 0 Å². The smallest absolute Gasteiger partial charge is 0.326 e. The number of carbonyl (C=O) groups is 3. The number of carboxylic acids is 1. The molecule has 0 spiro atoms. The molecule has 0 aliphatic carbocycles. The molecule has 0 aliphatic rings. The number of carboxylic acid groups (broad SMARTS) is 1. The largest absolute Gasteiger partial charge is 0.480 e. The van der Waals surface area contributed by atoms with Crippen molar-refractivity contribution in [2.45, 2.75) is 19.9 Å². The third-order valence-corrected chi connectivity index (χ3v) is 3.26. The van der Waals surface area contributed by atoms with Gasteiger partial charge in [-0.25, -0.2) is 4.79 Å². The van der Waals surface area contributed by atoms with Crippen molar-refractivity contribution >= 4 is 29.1 Å². The fourth-order valence-corrected chi connectivity index (χ4v) is 2.14. The van der Waals surface area contributed by atoms with E-state index in [1.807, 2.05) is 0 Å². The number of thiophene rings is 1. The van der Waals surface area contributed by atoms with Crippen LogP contribution in [0.3, 0.4) is 0 Å². The molecule has 0 bridgehead atoms. The maximum Gasteiger partial charge on any atom is 0.326 e. The maximum atomic E-state index is 12.2. The first-order chi connectivity index (χ1) is 8.93. The normalized spacial score (nSPS) is 11.7. The number of aliphatic carboxylic acids is 1. The predicted molar refractivity (Wildman–Crippen MR) is 71.1 cm³/mol. The molecule has 0 aromatic carbocycles. The third kappa shape index (κ3) is 4.36. The number of nitrogens with one attached hydrogen (secondary N) is 1. The Morgan fingerprint density at radius 2 is 2.16 bits per heavy atom. The summed E-state index contributed by atoms with van der Waals surface area (Å²) in [5, 5.41) is 15.0. The molecule has 6 nitrogen and oxygen atoms in total. The highest BCUT2D eigenvalue weighted by atomic mass is 32.1. The highest BCUT2D eigenvalue weighted by molar-refractivity contribution is 7.08. The zero-order valence-corrected chi connectivity index (χ0v) is 11.6. The van der Waals surface area contributed by atoms with Crippen LogP contribution in [0.25, 0.3) is 0 Å². The Morgan fingerprint density at radius 1 is 1.47 bits per heavy atom. The van der Waals surface area contributed by atoms with E-state index in [0.717, 1.165) is 0 Å². The summed E-state index contributed by atoms with van der Waals surface area (Å²) < 4.78 is 0. The molecular weight excluding hydrogens is 268 g/mol. The second-order valence-electron chi connectivity index (χ2n) is 4.01. The van der Waals surface area contributed by atoms with Gasteiger partial charge in [0.2, 0.25) is 5.91 Å². The molecule has 1 aromatic rings. The maximum absolute atomic E-state index is 12.2. The number of nitrogens with zero attached hydrogens (tertiary/aromatic N) is 1. The summed E-state index contributed by atoms with van der Waals surface area (Å²) in [6.45, 7) is 3.19. The molecule has 0 aliphatic heterocycles. The summed E-state index contributed by atoms with van der Waals surface area (Å²) >= 11 is 1.37. The van der Waals surface area contributed by atoms with Crippen LogP contribution in [0.2, 0.25) is 0 Å². The molecular formula is C12H16N2O4S. The molecule has 0 saturated heterocycles. The minimum atomic E-state index is -1.08. The molecule has 2 N–H and O–H groups in total. The van der Waals surface area contributed by atoms with E-state index < -0.39 is 12.0 Å². The van der Waals surface area contributed by atoms with Crippen LogP contribution in [0.1, 0.15) is 24.2 Å². The van der Waals surface area contributed by atoms with Crippen molar-refractivity contribution in [1.82, 2.24) is 10.2 Å². The molecule has 0 saturated carbocycles. The molecule has 1 unspecified atom stereocenters. The zero-order valence-electron chi connectivity index (χ0n) is 10.8. The second kappa shape index (κ2) is 6.89. The van der Waals surface area contributed by atoms with Crippen LogP contribution in [-0.4, -0.2) is 46.9 Å². The van der Waals surface area contributed by atoms with E-state index in [2.05, 4.69) is 5.32 Å². The summed E-state index contributed by atoms with van der Waals surface area (Å²) in [5.74, 6) is -1.64. The van der Waals surface area contributed by atoms with Crippen molar-refractivity contribution in [2.75, 3.05) is 13.1 Å². The first-order valence-corrected chi connectivity index (χ1v) is 6.68. The minimum absolute atomic E-state index is 0.154. The van der Waals surface area contributed by atoms with Crippen LogP contribution < -0.4 is 5.32 Å². The lowest BCUT2D eigenvalue weighted by Gasteiger charge is -2.26. The number of hydrogen-bond acceptors (Lipinski definition) is 4. The molecule has 104 valence electrons. The lowest BCUT2D eigenvalue weighted by molar-refractivity contribution is -0.141. The topological polar surface area (TPSA) is 86.7 Å². The van der Waals surface area contributed by atoms with Gasteiger partial charge in [-0.2, -0.15) is 11.3 Å². The van der Waals surface area contributed by atoms with E-state index in [1.54, 1.807) is 16.8 Å². The molecule has 0 radical (unpaired) electrons. The van der Waals surface area contributed by atoms with Gasteiger partial charge in [0.1, 0.15) is 6.04 Å². The van der Waals surface area contributed by atoms with E-state index >= 15 is 0 Å². The monoisotopic (exact) mass is 284 g/mol. The Hall–Kier alpha value is -1.89. The summed E-state index contributed by atoms with van der Waals surface area (Å²) in [5.41, 5.74) is 0.459. The zero-order chi connectivity index (χ0) is 14.4. The van der Waals surface area contributed by atoms with Gasteiger partial charge in [0.05, 0.1) is 5.56 Å². The van der Waals surface area contributed by atoms with Crippen LogP contribution in [0.15, 0.2) is 16.8 Å². The fourth-order valence-electron chi connectivity index (χ4n) is 1.51. The van der Waals surface area contributed by atoms with Gasteiger partial charge >= 0.3 is 5.97 Å². The van der Waals surface area contributed by atoms with Crippen molar-refractivity contribution in [3.05, 3.63) is 22.4 Å². The van der Waals surface area contributed by atoms with Crippen molar-refractivity contribution in [1.29, 1.82) is 0 Å². The summed E-state index contributed by atoms with van der Waals surface area (Å²) in [4.78, 5) is 35.3. The minimum Gasteiger partial charge on any atom is -0.480 e. The van der Waals surface area contributed by atoms with Crippen LogP contribution >= 0.6 is 11.3 Å². The van der Waals surface area contributed by atoms with E-state index in [1.165, 1.54) is 30.1 Å². The van der Waals surface area contributed by atoms with Gasteiger partial charge in [-0.3, -0.25) is 9.59 Å². The van der Waals surface area contributed by atoms with Crippen molar-refractivity contribution in [3.63, 3.8) is 0 Å². The SMILES string of the molecule is CC(=O)NCCN(C(=O)c1ccsc1)C(C)C(=O)O. The number of amides is 2. The Bertz CT molecular complexity index is 458. The lowest BCUT2D eigenvalue weighted by Crippen LogP contribution is -2.46. The quantitative estimate of drug-likeness (QED) is 0.809. The highest BCUT2D eigenvalue weighted by Gasteiger charge is 2.26. The van der Waals surface area contributed by atoms with Crippen LogP contribution in [0, 0.1) is 0 Å². The Balaban J connectivity index is 2.77. The van der Waals surface area contributed by atoms with Crippen molar-refractivity contribution < 1.29 is 19.5 Å². The predicted octanol–water partition coefficient (Wildman–Crippen LogP) is 0.799. The van der Waals surface area contributed by atoms with E-state index in [-0.39, 0.29) is 24.9 Å². The van der Waals surface area contributed by atoms with Gasteiger partial charge in [0.25, 0.3) is 5.91 Å². The van der Waals surface area contributed by atoms with Crippen LogP contribution in [0.4, 0.5) is 0 Å². The fraction of sp³-hybridized carbons (Fsp3) is 0.417. The van der Waals surface area contributed by atoms with Crippen molar-refractivity contribution in [2.24, 2.45) is 0 Å². The Morgan fingerprint density at radius 3 is 2.63 bits per heavy atom. The van der Waals surface area contributed by atoms with Crippen LogP contribution in [-0.2, 0) is 9.59 Å². The molecule has 2 amide bonds. The lowest BCUT2D eigenvalue weighted by atomic mass is 10.2. The second-order valence-corrected chi connectivity index (χ2v) is 4.79. The number of hydrogen-bond donors (Lipinski definition) is 2. The molecule has 1 heterocycles. The average molecular weight is 284 g/mol. The standard InChI is InChI=1S/C12H16N2O4S/c1-8(12(17)18)14(5-4-13-9(2)15)11(16)10-3-6-19-7-10/h3,6-8H,4-5H2,1-2H3,(H,13,15)(H,17,18). The first-order valence-electron chi connectivity index (χ1n) is 5.74. The first kappa shape index (κ1) is 15.2. The molecule has 1 rings (SSSR count). The van der Waals surface area contributed by atoms with Gasteiger partial charge < -0.3 is 15.3 Å². The summed E-state index contributed by atoms with van der Waals surface area (Å²) in [7, 11) is 0. The van der Waals surface area contributed by atoms with Gasteiger partial charge in [0.15, 0.2) is 0 Å². The van der Waals surface area contributed by atoms with E-state index in [4.69, 9.17) is 5.11 Å². The van der Waals surface area contributed by atoms with Gasteiger partial charge in [-0.1, -0.05) is 0 Å². The Labute approximate surface area is 115 Å². The van der Waals surface area contributed by atoms with Crippen LogP contribution in [0.5, 0.6) is 0 Å². The summed E-state index contributed by atoms with van der Waals surface area (Å²) in [6, 6.07) is 0.702. The van der Waals surface area contributed by atoms with E-state index in [9.17, 15) is 14.4 Å². The summed E-state index contributed by atoms with van der Waals surface area (Å²) in [6.07, 6.45) is 0. The Kier molecular flexibility index (Phi) is 5.50. The third-order valence-electron chi connectivity index (χ3n) is 2.58. The number of carbonyl (C=O) groups excluding carboxylic acids is 2. The molecule has 1 aromatic heterocycles. The van der Waals surface area contributed by atoms with Gasteiger partial charge in [-0.05, 0) is 18.4 Å². The van der Waals surface area contributed by atoms with Gasteiger partial charge in [0, 0.05) is 25.4 Å². The molecule has 0 fully saturated rings. The molecule has 1 atom stereocenters. The molecule has 7 heteroatoms. The van der Waals surface area contributed by atoms with E-state index in [0.29, 0.717) is 5.56 Å². The average Bonchev–Trinajstić information content (AvgIpc) is 2.86. The van der Waals surface area contributed by atoms with Crippen molar-refractivity contribution in [3.8, 4) is 0 Å². The highest BCUT2D eigenvalue weighted by Crippen LogP contribution is 2.12.